The van der Waals surface area contributed by atoms with Crippen LogP contribution in [0.15, 0.2) is 0 Å². The van der Waals surface area contributed by atoms with Crippen molar-refractivity contribution in [3.05, 3.63) is 0 Å². The van der Waals surface area contributed by atoms with E-state index in [9.17, 15) is 19.5 Å². The van der Waals surface area contributed by atoms with E-state index in [0.29, 0.717) is 30.7 Å². The summed E-state index contributed by atoms with van der Waals surface area (Å²) in [6, 6.07) is -0.573. The molecule has 0 radical (unpaired) electrons. The maximum absolute atomic E-state index is 12.7. The molecule has 4 aliphatic rings. The molecule has 2 atom stereocenters. The van der Waals surface area contributed by atoms with Crippen molar-refractivity contribution in [2.45, 2.75) is 64.4 Å². The molecule has 7 nitrogen and oxygen atoms in total. The first-order valence-electron chi connectivity index (χ1n) is 9.67. The number of esters is 1. The number of ether oxygens (including phenoxy) is 1. The highest BCUT2D eigenvalue weighted by atomic mass is 16.5. The molecule has 0 aromatic heterocycles. The van der Waals surface area contributed by atoms with Crippen LogP contribution in [0.25, 0.3) is 0 Å². The Balaban J connectivity index is 1.45. The number of hydrogen-bond donors (Lipinski definition) is 3. The lowest BCUT2D eigenvalue weighted by atomic mass is 9.48. The molecule has 4 rings (SSSR count). The fraction of sp³-hybridized carbons (Fsp3) is 0.842. The molecule has 4 aliphatic carbocycles. The lowest BCUT2D eigenvalue weighted by Crippen LogP contribution is -2.58. The van der Waals surface area contributed by atoms with E-state index in [0.717, 1.165) is 38.5 Å². The van der Waals surface area contributed by atoms with Crippen molar-refractivity contribution in [3.8, 4) is 0 Å². The van der Waals surface area contributed by atoms with Crippen LogP contribution in [0.2, 0.25) is 0 Å². The summed E-state index contributed by atoms with van der Waals surface area (Å²) in [7, 11) is 0. The third kappa shape index (κ3) is 4.19. The van der Waals surface area contributed by atoms with E-state index in [1.807, 2.05) is 13.8 Å². The number of aliphatic hydroxyl groups is 1. The molecule has 4 fully saturated rings. The van der Waals surface area contributed by atoms with E-state index >= 15 is 0 Å². The summed E-state index contributed by atoms with van der Waals surface area (Å²) < 4.78 is 5.24. The van der Waals surface area contributed by atoms with Gasteiger partial charge in [-0.1, -0.05) is 13.8 Å². The van der Waals surface area contributed by atoms with E-state index < -0.39 is 35.5 Å². The van der Waals surface area contributed by atoms with Gasteiger partial charge in [-0.2, -0.15) is 0 Å². The van der Waals surface area contributed by atoms with Gasteiger partial charge in [0.05, 0.1) is 11.0 Å². The first-order chi connectivity index (χ1) is 12.2. The lowest BCUT2D eigenvalue weighted by molar-refractivity contribution is -0.196. The number of hydrogen-bond acceptors (Lipinski definition) is 5. The zero-order valence-electron chi connectivity index (χ0n) is 15.7. The van der Waals surface area contributed by atoms with Crippen LogP contribution in [0.4, 0.5) is 4.79 Å². The first-order valence-corrected chi connectivity index (χ1v) is 9.67. The lowest BCUT2D eigenvalue weighted by Gasteiger charge is -2.58. The van der Waals surface area contributed by atoms with E-state index in [-0.39, 0.29) is 0 Å². The standard InChI is InChI=1S/C19H30N2O5/c1-12(2)3-4-20-17(24)21-15(22)10-26-16(23)18-6-13-5-14(7-18)9-19(25,8-13)11-18/h12-14,25H,3-11H2,1-2H3,(H2,20,21,22,24). The number of nitrogens with one attached hydrogen (secondary N) is 2. The number of imide groups is 1. The number of urea groups is 1. The van der Waals surface area contributed by atoms with Gasteiger partial charge in [0.15, 0.2) is 6.61 Å². The molecule has 3 amide bonds. The van der Waals surface area contributed by atoms with E-state index in [4.69, 9.17) is 4.74 Å². The minimum atomic E-state index is -0.748. The molecule has 0 saturated heterocycles. The summed E-state index contributed by atoms with van der Waals surface area (Å²) in [5.41, 5.74) is -1.40. The van der Waals surface area contributed by atoms with Crippen molar-refractivity contribution in [2.24, 2.45) is 23.2 Å². The Hall–Kier alpha value is -1.63. The van der Waals surface area contributed by atoms with Crippen molar-refractivity contribution < 1.29 is 24.2 Å². The van der Waals surface area contributed by atoms with E-state index in [2.05, 4.69) is 10.6 Å². The Morgan fingerprint density at radius 2 is 1.81 bits per heavy atom. The molecule has 4 saturated carbocycles. The second-order valence-corrected chi connectivity index (χ2v) is 9.03. The summed E-state index contributed by atoms with van der Waals surface area (Å²) in [5.74, 6) is 0.162. The van der Waals surface area contributed by atoms with Gasteiger partial charge in [0, 0.05) is 6.54 Å². The highest BCUT2D eigenvalue weighted by molar-refractivity contribution is 5.95. The summed E-state index contributed by atoms with van der Waals surface area (Å²) in [5, 5.41) is 15.5. The number of carbonyl (C=O) groups is 3. The first kappa shape index (κ1) is 19.1. The summed E-state index contributed by atoms with van der Waals surface area (Å²) in [6.45, 7) is 4.11. The van der Waals surface area contributed by atoms with Gasteiger partial charge in [0.25, 0.3) is 5.91 Å². The smallest absolute Gasteiger partial charge is 0.321 e. The van der Waals surface area contributed by atoms with Crippen LogP contribution in [0.1, 0.15) is 58.8 Å². The normalized spacial score (nSPS) is 34.6. The third-order valence-electron chi connectivity index (χ3n) is 6.06. The molecule has 0 spiro atoms. The second-order valence-electron chi connectivity index (χ2n) is 9.03. The molecule has 4 bridgehead atoms. The maximum Gasteiger partial charge on any atom is 0.321 e. The maximum atomic E-state index is 12.7. The number of rotatable bonds is 6. The summed E-state index contributed by atoms with van der Waals surface area (Å²) in [4.78, 5) is 36.1. The number of amides is 3. The zero-order chi connectivity index (χ0) is 18.9. The van der Waals surface area contributed by atoms with Gasteiger partial charge in [-0.15, -0.1) is 0 Å². The van der Waals surface area contributed by atoms with Crippen molar-refractivity contribution in [2.75, 3.05) is 13.2 Å². The Labute approximate surface area is 154 Å². The molecule has 7 heteroatoms. The topological polar surface area (TPSA) is 105 Å². The van der Waals surface area contributed by atoms with Crippen molar-refractivity contribution in [3.63, 3.8) is 0 Å². The van der Waals surface area contributed by atoms with Crippen LogP contribution in [-0.4, -0.2) is 41.8 Å². The van der Waals surface area contributed by atoms with Gasteiger partial charge in [0.1, 0.15) is 0 Å². The van der Waals surface area contributed by atoms with Gasteiger partial charge in [-0.25, -0.2) is 4.79 Å². The molecular formula is C19H30N2O5. The summed E-state index contributed by atoms with van der Waals surface area (Å²) in [6.07, 6.45) is 5.36. The van der Waals surface area contributed by atoms with Crippen LogP contribution >= 0.6 is 0 Å². The van der Waals surface area contributed by atoms with Gasteiger partial charge in [-0.05, 0) is 62.7 Å². The van der Waals surface area contributed by atoms with Crippen molar-refractivity contribution in [1.29, 1.82) is 0 Å². The minimum Gasteiger partial charge on any atom is -0.455 e. The zero-order valence-corrected chi connectivity index (χ0v) is 15.7. The largest absolute Gasteiger partial charge is 0.455 e. The molecule has 26 heavy (non-hydrogen) atoms. The SMILES string of the molecule is CC(C)CCNC(=O)NC(=O)COC(=O)C12CC3CC(CC(O)(C3)C1)C2. The molecule has 3 N–H and O–H groups in total. The minimum absolute atomic E-state index is 0.370. The third-order valence-corrected chi connectivity index (χ3v) is 6.06. The molecule has 0 aromatic rings. The van der Waals surface area contributed by atoms with Crippen LogP contribution in [0, 0.1) is 23.2 Å². The number of carbonyl (C=O) groups excluding carboxylic acids is 3. The quantitative estimate of drug-likeness (QED) is 0.621. The van der Waals surface area contributed by atoms with Crippen LogP contribution in [-0.2, 0) is 14.3 Å². The molecule has 2 unspecified atom stereocenters. The molecule has 0 aliphatic heterocycles. The van der Waals surface area contributed by atoms with E-state index in [1.165, 1.54) is 0 Å². The average Bonchev–Trinajstić information content (AvgIpc) is 2.49. The highest BCUT2D eigenvalue weighted by Gasteiger charge is 2.60. The fourth-order valence-corrected chi connectivity index (χ4v) is 5.42. The molecule has 0 heterocycles. The summed E-state index contributed by atoms with van der Waals surface area (Å²) >= 11 is 0. The van der Waals surface area contributed by atoms with Crippen molar-refractivity contribution in [1.82, 2.24) is 10.6 Å². The van der Waals surface area contributed by atoms with Crippen LogP contribution in [0.3, 0.4) is 0 Å². The average molecular weight is 366 g/mol. The van der Waals surface area contributed by atoms with Gasteiger partial charge >= 0.3 is 12.0 Å². The van der Waals surface area contributed by atoms with Gasteiger partial charge in [-0.3, -0.25) is 14.9 Å². The molecule has 0 aromatic carbocycles. The highest BCUT2D eigenvalue weighted by Crippen LogP contribution is 2.61. The van der Waals surface area contributed by atoms with Crippen molar-refractivity contribution >= 4 is 17.9 Å². The molecule has 146 valence electrons. The Morgan fingerprint density at radius 1 is 1.15 bits per heavy atom. The monoisotopic (exact) mass is 366 g/mol. The van der Waals surface area contributed by atoms with E-state index in [1.54, 1.807) is 0 Å². The van der Waals surface area contributed by atoms with Crippen LogP contribution in [0.5, 0.6) is 0 Å². The Bertz CT molecular complexity index is 574. The predicted octanol–water partition coefficient (Wildman–Crippen LogP) is 1.73. The van der Waals surface area contributed by atoms with Gasteiger partial charge < -0.3 is 15.2 Å². The molecular weight excluding hydrogens is 336 g/mol. The Kier molecular flexibility index (Phi) is 5.28. The second kappa shape index (κ2) is 7.18. The Morgan fingerprint density at radius 3 is 2.38 bits per heavy atom. The van der Waals surface area contributed by atoms with Crippen LogP contribution < -0.4 is 10.6 Å². The van der Waals surface area contributed by atoms with Gasteiger partial charge in [0.2, 0.25) is 0 Å². The fourth-order valence-electron chi connectivity index (χ4n) is 5.42. The predicted molar refractivity (Wildman–Crippen MR) is 94.0 cm³/mol.